The number of imidazole rings is 1. The Morgan fingerprint density at radius 3 is 2.67 bits per heavy atom. The largest absolute Gasteiger partial charge is 0.395 e. The van der Waals surface area contributed by atoms with Gasteiger partial charge in [-0.3, -0.25) is 4.90 Å². The molecule has 0 spiro atoms. The maximum Gasteiger partial charge on any atom is 0.243 e. The van der Waals surface area contributed by atoms with Crippen molar-refractivity contribution in [1.82, 2.24) is 29.5 Å². The van der Waals surface area contributed by atoms with Gasteiger partial charge in [-0.15, -0.1) is 5.10 Å². The first-order valence-electron chi connectivity index (χ1n) is 11.8. The highest BCUT2D eigenvalue weighted by atomic mass is 16.3. The van der Waals surface area contributed by atoms with Crippen molar-refractivity contribution >= 4 is 23.2 Å². The van der Waals surface area contributed by atoms with Crippen LogP contribution in [0.1, 0.15) is 43.5 Å². The second-order valence-corrected chi connectivity index (χ2v) is 8.85. The number of rotatable bonds is 9. The smallest absolute Gasteiger partial charge is 0.243 e. The van der Waals surface area contributed by atoms with Crippen LogP contribution in [0.15, 0.2) is 18.5 Å². The molecule has 10 nitrogen and oxygen atoms in total. The average molecular weight is 454 g/mol. The molecule has 4 N–H and O–H groups in total. The molecule has 1 aliphatic rings. The van der Waals surface area contributed by atoms with Gasteiger partial charge in [-0.2, -0.15) is 4.98 Å². The number of fused-ring (bicyclic) bond motifs is 1. The van der Waals surface area contributed by atoms with Gasteiger partial charge in [0.05, 0.1) is 18.5 Å². The van der Waals surface area contributed by atoms with E-state index in [2.05, 4.69) is 57.0 Å². The molecule has 33 heavy (non-hydrogen) atoms. The highest BCUT2D eigenvalue weighted by Crippen LogP contribution is 2.22. The SMILES string of the molecule is CCCC(C)Nc1nc(N)c2ncc(Cc3cnc(N4CCN(CCO)CC4)c(C)c3)n2n1. The van der Waals surface area contributed by atoms with Gasteiger partial charge in [0.1, 0.15) is 5.82 Å². The van der Waals surface area contributed by atoms with Gasteiger partial charge >= 0.3 is 0 Å². The Labute approximate surface area is 194 Å². The van der Waals surface area contributed by atoms with Crippen molar-refractivity contribution in [2.24, 2.45) is 0 Å². The number of aromatic nitrogens is 5. The van der Waals surface area contributed by atoms with Crippen LogP contribution in [0.4, 0.5) is 17.6 Å². The minimum atomic E-state index is 0.209. The molecular formula is C23H35N9O. The molecule has 0 aromatic carbocycles. The zero-order valence-corrected chi connectivity index (χ0v) is 19.8. The number of hydrogen-bond donors (Lipinski definition) is 3. The summed E-state index contributed by atoms with van der Waals surface area (Å²) in [6, 6.07) is 2.46. The summed E-state index contributed by atoms with van der Waals surface area (Å²) < 4.78 is 1.78. The third-order valence-electron chi connectivity index (χ3n) is 6.14. The van der Waals surface area contributed by atoms with Crippen LogP contribution < -0.4 is 16.0 Å². The second kappa shape index (κ2) is 10.3. The monoisotopic (exact) mass is 453 g/mol. The van der Waals surface area contributed by atoms with Gasteiger partial charge in [-0.05, 0) is 31.4 Å². The van der Waals surface area contributed by atoms with Crippen LogP contribution in [0.25, 0.3) is 5.65 Å². The van der Waals surface area contributed by atoms with Crippen LogP contribution in [-0.2, 0) is 6.42 Å². The molecule has 4 rings (SSSR count). The van der Waals surface area contributed by atoms with Gasteiger partial charge in [-0.25, -0.2) is 14.5 Å². The van der Waals surface area contributed by atoms with E-state index in [-0.39, 0.29) is 12.6 Å². The zero-order chi connectivity index (χ0) is 23.4. The second-order valence-electron chi connectivity index (χ2n) is 8.85. The number of pyridine rings is 1. The first-order valence-corrected chi connectivity index (χ1v) is 11.8. The lowest BCUT2D eigenvalue weighted by Crippen LogP contribution is -2.47. The van der Waals surface area contributed by atoms with E-state index in [0.29, 0.717) is 23.8 Å². The first-order chi connectivity index (χ1) is 16.0. The lowest BCUT2D eigenvalue weighted by Gasteiger charge is -2.35. The minimum Gasteiger partial charge on any atom is -0.395 e. The fourth-order valence-electron chi connectivity index (χ4n) is 4.44. The summed E-state index contributed by atoms with van der Waals surface area (Å²) in [6.45, 7) is 11.1. The van der Waals surface area contributed by atoms with E-state index in [1.54, 1.807) is 4.52 Å². The summed E-state index contributed by atoms with van der Waals surface area (Å²) in [6.07, 6.45) is 6.52. The number of hydrogen-bond acceptors (Lipinski definition) is 9. The molecule has 1 atom stereocenters. The molecule has 10 heteroatoms. The number of nitrogens with one attached hydrogen (secondary N) is 1. The Hall–Kier alpha value is -2.98. The van der Waals surface area contributed by atoms with E-state index in [4.69, 9.17) is 15.8 Å². The summed E-state index contributed by atoms with van der Waals surface area (Å²) in [5.74, 6) is 1.92. The Balaban J connectivity index is 1.50. The lowest BCUT2D eigenvalue weighted by atomic mass is 10.1. The number of nitrogens with two attached hydrogens (primary N) is 1. The summed E-state index contributed by atoms with van der Waals surface area (Å²) in [5.41, 5.74) is 9.93. The van der Waals surface area contributed by atoms with Crippen LogP contribution in [0.5, 0.6) is 0 Å². The van der Waals surface area contributed by atoms with Crippen molar-refractivity contribution in [3.05, 3.63) is 35.3 Å². The van der Waals surface area contributed by atoms with Crippen LogP contribution in [0.3, 0.4) is 0 Å². The number of nitrogen functional groups attached to an aromatic ring is 1. The molecule has 3 aromatic rings. The number of aliphatic hydroxyl groups excluding tert-OH is 1. The topological polar surface area (TPSA) is 121 Å². The fraction of sp³-hybridized carbons (Fsp3) is 0.565. The maximum absolute atomic E-state index is 9.15. The molecule has 1 aliphatic heterocycles. The minimum absolute atomic E-state index is 0.209. The summed E-state index contributed by atoms with van der Waals surface area (Å²) in [5, 5.41) is 17.1. The Kier molecular flexibility index (Phi) is 7.24. The molecule has 0 radical (unpaired) electrons. The van der Waals surface area contributed by atoms with Crippen molar-refractivity contribution in [1.29, 1.82) is 0 Å². The molecule has 0 aliphatic carbocycles. The van der Waals surface area contributed by atoms with Crippen LogP contribution in [0.2, 0.25) is 0 Å². The molecular weight excluding hydrogens is 418 g/mol. The number of anilines is 3. The number of β-amino-alcohol motifs (C(OH)–C–C–N with tert-alkyl or cyclic N) is 1. The van der Waals surface area contributed by atoms with Gasteiger partial charge in [0, 0.05) is 51.4 Å². The average Bonchev–Trinajstić information content (AvgIpc) is 3.18. The van der Waals surface area contributed by atoms with E-state index in [0.717, 1.165) is 68.2 Å². The third kappa shape index (κ3) is 5.33. The van der Waals surface area contributed by atoms with Crippen LogP contribution in [0, 0.1) is 6.92 Å². The Bertz CT molecular complexity index is 1080. The summed E-state index contributed by atoms with van der Waals surface area (Å²) in [7, 11) is 0. The quantitative estimate of drug-likeness (QED) is 0.445. The van der Waals surface area contributed by atoms with Crippen molar-refractivity contribution in [3.8, 4) is 0 Å². The van der Waals surface area contributed by atoms with Gasteiger partial charge < -0.3 is 21.1 Å². The number of nitrogens with zero attached hydrogens (tertiary/aromatic N) is 7. The van der Waals surface area contributed by atoms with Gasteiger partial charge in [0.15, 0.2) is 11.5 Å². The molecule has 1 saturated heterocycles. The highest BCUT2D eigenvalue weighted by molar-refractivity contribution is 5.61. The van der Waals surface area contributed by atoms with E-state index in [1.165, 1.54) is 0 Å². The third-order valence-corrected chi connectivity index (χ3v) is 6.14. The van der Waals surface area contributed by atoms with Crippen molar-refractivity contribution in [2.45, 2.75) is 46.1 Å². The number of aryl methyl sites for hydroxylation is 1. The van der Waals surface area contributed by atoms with E-state index < -0.39 is 0 Å². The standard InChI is InChI=1S/C23H35N9O/c1-4-5-17(3)27-23-28-20(24)22-26-15-19(32(22)29-23)13-18-12-16(2)21(25-14-18)31-8-6-30(7-9-31)10-11-33/h12,14-15,17,33H,4-11,13H2,1-3H3,(H3,24,27,28,29). The molecule has 0 bridgehead atoms. The molecule has 3 aromatic heterocycles. The fourth-order valence-corrected chi connectivity index (χ4v) is 4.44. The molecule has 4 heterocycles. The van der Waals surface area contributed by atoms with E-state index in [9.17, 15) is 0 Å². The molecule has 1 fully saturated rings. The number of piperazine rings is 1. The molecule has 0 amide bonds. The summed E-state index contributed by atoms with van der Waals surface area (Å²) >= 11 is 0. The van der Waals surface area contributed by atoms with E-state index >= 15 is 0 Å². The van der Waals surface area contributed by atoms with Crippen LogP contribution >= 0.6 is 0 Å². The predicted molar refractivity (Wildman–Crippen MR) is 131 cm³/mol. The van der Waals surface area contributed by atoms with E-state index in [1.807, 2.05) is 12.4 Å². The van der Waals surface area contributed by atoms with Gasteiger partial charge in [0.2, 0.25) is 5.95 Å². The highest BCUT2D eigenvalue weighted by Gasteiger charge is 2.19. The van der Waals surface area contributed by atoms with Crippen LogP contribution in [-0.4, -0.2) is 79.9 Å². The first kappa shape index (κ1) is 23.2. The predicted octanol–water partition coefficient (Wildman–Crippen LogP) is 1.72. The summed E-state index contributed by atoms with van der Waals surface area (Å²) in [4.78, 5) is 18.2. The molecule has 1 unspecified atom stereocenters. The zero-order valence-electron chi connectivity index (χ0n) is 19.8. The van der Waals surface area contributed by atoms with Crippen molar-refractivity contribution < 1.29 is 5.11 Å². The van der Waals surface area contributed by atoms with Gasteiger partial charge in [-0.1, -0.05) is 19.4 Å². The molecule has 178 valence electrons. The molecule has 0 saturated carbocycles. The Morgan fingerprint density at radius 1 is 1.18 bits per heavy atom. The Morgan fingerprint density at radius 2 is 1.97 bits per heavy atom. The van der Waals surface area contributed by atoms with Crippen molar-refractivity contribution in [2.75, 3.05) is 55.3 Å². The van der Waals surface area contributed by atoms with Crippen molar-refractivity contribution in [3.63, 3.8) is 0 Å². The van der Waals surface area contributed by atoms with Gasteiger partial charge in [0.25, 0.3) is 0 Å². The number of aliphatic hydroxyl groups is 1. The maximum atomic E-state index is 9.15. The lowest BCUT2D eigenvalue weighted by molar-refractivity contribution is 0.188. The normalized spacial score (nSPS) is 15.8.